The normalized spacial score (nSPS) is 10.5. The van der Waals surface area contributed by atoms with Crippen LogP contribution in [0, 0.1) is 0 Å². The van der Waals surface area contributed by atoms with Gasteiger partial charge in [0.15, 0.2) is 0 Å². The van der Waals surface area contributed by atoms with Crippen LogP contribution in [0.1, 0.15) is 15.9 Å². The molecule has 0 radical (unpaired) electrons. The molecule has 0 bridgehead atoms. The molecule has 0 unspecified atom stereocenters. The second kappa shape index (κ2) is 9.19. The van der Waals surface area contributed by atoms with Gasteiger partial charge < -0.3 is 4.74 Å². The number of nitrogens with one attached hydrogen (secondary N) is 2. The number of hydrazine groups is 1. The average molecular weight is 372 g/mol. The maximum absolute atomic E-state index is 12.2. The van der Waals surface area contributed by atoms with Crippen LogP contribution in [0.2, 0.25) is 0 Å². The molecule has 2 amide bonds. The van der Waals surface area contributed by atoms with Gasteiger partial charge in [0.05, 0.1) is 7.11 Å². The van der Waals surface area contributed by atoms with E-state index in [-0.39, 0.29) is 0 Å². The summed E-state index contributed by atoms with van der Waals surface area (Å²) in [5.74, 6) is -0.173. The lowest BCUT2D eigenvalue weighted by molar-refractivity contribution is -0.117. The van der Waals surface area contributed by atoms with E-state index >= 15 is 0 Å². The van der Waals surface area contributed by atoms with Crippen molar-refractivity contribution in [3.05, 3.63) is 96.1 Å². The van der Waals surface area contributed by atoms with Crippen molar-refractivity contribution in [2.75, 3.05) is 7.11 Å². The van der Waals surface area contributed by atoms with Crippen molar-refractivity contribution in [1.29, 1.82) is 0 Å². The Labute approximate surface area is 163 Å². The van der Waals surface area contributed by atoms with Gasteiger partial charge in [0.2, 0.25) is 0 Å². The molecule has 0 atom stereocenters. The first-order valence-corrected chi connectivity index (χ1v) is 8.74. The van der Waals surface area contributed by atoms with Crippen LogP contribution in [0.3, 0.4) is 0 Å². The van der Waals surface area contributed by atoms with Crippen LogP contribution in [-0.2, 0) is 4.79 Å². The van der Waals surface area contributed by atoms with Gasteiger partial charge in [0, 0.05) is 17.2 Å². The molecule has 2 N–H and O–H groups in total. The summed E-state index contributed by atoms with van der Waals surface area (Å²) in [6.45, 7) is 0. The highest BCUT2D eigenvalue weighted by molar-refractivity contribution is 5.98. The van der Waals surface area contributed by atoms with Crippen molar-refractivity contribution < 1.29 is 14.3 Å². The van der Waals surface area contributed by atoms with E-state index < -0.39 is 11.8 Å². The van der Waals surface area contributed by atoms with Crippen LogP contribution in [0.25, 0.3) is 17.2 Å². The molecule has 3 aromatic rings. The molecule has 0 saturated heterocycles. The maximum Gasteiger partial charge on any atom is 0.269 e. The fourth-order valence-electron chi connectivity index (χ4n) is 2.65. The first-order valence-electron chi connectivity index (χ1n) is 8.74. The van der Waals surface area contributed by atoms with E-state index in [9.17, 15) is 9.59 Å². The minimum absolute atomic E-state index is 0.390. The first kappa shape index (κ1) is 18.9. The molecule has 0 aliphatic heterocycles. The molecule has 0 aromatic heterocycles. The number of para-hydroxylation sites is 1. The third kappa shape index (κ3) is 4.86. The number of carbonyl (C=O) groups is 2. The number of ether oxygens (including phenoxy) is 1. The summed E-state index contributed by atoms with van der Waals surface area (Å²) in [7, 11) is 1.57. The van der Waals surface area contributed by atoms with E-state index in [1.54, 1.807) is 31.4 Å². The van der Waals surface area contributed by atoms with E-state index in [4.69, 9.17) is 4.74 Å². The summed E-state index contributed by atoms with van der Waals surface area (Å²) in [5.41, 5.74) is 8.08. The van der Waals surface area contributed by atoms with E-state index in [0.29, 0.717) is 11.3 Å². The predicted octanol–water partition coefficient (Wildman–Crippen LogP) is 3.84. The van der Waals surface area contributed by atoms with Gasteiger partial charge in [-0.1, -0.05) is 60.7 Å². The van der Waals surface area contributed by atoms with Crippen LogP contribution in [0.15, 0.2) is 84.9 Å². The van der Waals surface area contributed by atoms with Gasteiger partial charge >= 0.3 is 0 Å². The number of rotatable bonds is 5. The standard InChI is InChI=1S/C23H20N2O3/c1-28-21-10-6-5-9-19(21)15-16-22(26)24-25-23(27)20-13-11-18(12-14-20)17-7-3-2-4-8-17/h2-16H,1H3,(H,24,26)(H,25,27)/b16-15+. The smallest absolute Gasteiger partial charge is 0.269 e. The summed E-state index contributed by atoms with van der Waals surface area (Å²) in [6.07, 6.45) is 2.95. The summed E-state index contributed by atoms with van der Waals surface area (Å²) in [4.78, 5) is 24.1. The number of carbonyl (C=O) groups excluding carboxylic acids is 2. The monoisotopic (exact) mass is 372 g/mol. The molecule has 0 aliphatic carbocycles. The zero-order valence-electron chi connectivity index (χ0n) is 15.4. The van der Waals surface area contributed by atoms with Crippen LogP contribution in [0.5, 0.6) is 5.75 Å². The third-order valence-electron chi connectivity index (χ3n) is 4.11. The van der Waals surface area contributed by atoms with Crippen LogP contribution >= 0.6 is 0 Å². The lowest BCUT2D eigenvalue weighted by atomic mass is 10.0. The average Bonchev–Trinajstić information content (AvgIpc) is 2.77. The topological polar surface area (TPSA) is 67.4 Å². The lowest BCUT2D eigenvalue weighted by Gasteiger charge is -2.07. The van der Waals surface area contributed by atoms with E-state index in [1.165, 1.54) is 6.08 Å². The zero-order chi connectivity index (χ0) is 19.8. The predicted molar refractivity (Wildman–Crippen MR) is 110 cm³/mol. The zero-order valence-corrected chi connectivity index (χ0v) is 15.4. The SMILES string of the molecule is COc1ccccc1/C=C/C(=O)NNC(=O)c1ccc(-c2ccccc2)cc1. The number of hydrogen-bond acceptors (Lipinski definition) is 3. The fourth-order valence-corrected chi connectivity index (χ4v) is 2.65. The van der Waals surface area contributed by atoms with Gasteiger partial charge in [-0.3, -0.25) is 20.4 Å². The van der Waals surface area contributed by atoms with Crippen LogP contribution in [0.4, 0.5) is 0 Å². The number of hydrogen-bond donors (Lipinski definition) is 2. The Kier molecular flexibility index (Phi) is 6.21. The van der Waals surface area contributed by atoms with Crippen molar-refractivity contribution in [3.8, 4) is 16.9 Å². The Hall–Kier alpha value is -3.86. The Morgan fingerprint density at radius 2 is 1.43 bits per heavy atom. The van der Waals surface area contributed by atoms with Crippen LogP contribution < -0.4 is 15.6 Å². The Bertz CT molecular complexity index is 980. The molecular formula is C23H20N2O3. The van der Waals surface area contributed by atoms with Gasteiger partial charge in [-0.2, -0.15) is 0 Å². The molecule has 0 heterocycles. The van der Waals surface area contributed by atoms with Crippen molar-refractivity contribution >= 4 is 17.9 Å². The molecule has 5 heteroatoms. The Morgan fingerprint density at radius 1 is 0.786 bits per heavy atom. The van der Waals surface area contributed by atoms with E-state index in [1.807, 2.05) is 60.7 Å². The number of methoxy groups -OCH3 is 1. The molecule has 0 saturated carbocycles. The molecule has 28 heavy (non-hydrogen) atoms. The minimum atomic E-state index is -0.444. The lowest BCUT2D eigenvalue weighted by Crippen LogP contribution is -2.40. The second-order valence-electron chi connectivity index (χ2n) is 5.96. The summed E-state index contributed by atoms with van der Waals surface area (Å²) < 4.78 is 5.22. The minimum Gasteiger partial charge on any atom is -0.496 e. The number of amides is 2. The van der Waals surface area contributed by atoms with Crippen molar-refractivity contribution in [2.24, 2.45) is 0 Å². The molecule has 0 spiro atoms. The molecule has 140 valence electrons. The fraction of sp³-hybridized carbons (Fsp3) is 0.0435. The van der Waals surface area contributed by atoms with Crippen molar-refractivity contribution in [1.82, 2.24) is 10.9 Å². The van der Waals surface area contributed by atoms with E-state index in [0.717, 1.165) is 16.7 Å². The highest BCUT2D eigenvalue weighted by Gasteiger charge is 2.07. The van der Waals surface area contributed by atoms with Gasteiger partial charge in [0.1, 0.15) is 5.75 Å². The largest absolute Gasteiger partial charge is 0.496 e. The van der Waals surface area contributed by atoms with Gasteiger partial charge in [-0.15, -0.1) is 0 Å². The Balaban J connectivity index is 1.56. The summed E-state index contributed by atoms with van der Waals surface area (Å²) >= 11 is 0. The highest BCUT2D eigenvalue weighted by atomic mass is 16.5. The summed E-state index contributed by atoms with van der Waals surface area (Å²) in [5, 5.41) is 0. The summed E-state index contributed by atoms with van der Waals surface area (Å²) in [6, 6.07) is 24.4. The molecule has 0 aliphatic rings. The van der Waals surface area contributed by atoms with Crippen molar-refractivity contribution in [2.45, 2.75) is 0 Å². The third-order valence-corrected chi connectivity index (χ3v) is 4.11. The van der Waals surface area contributed by atoms with Crippen molar-refractivity contribution in [3.63, 3.8) is 0 Å². The first-order chi connectivity index (χ1) is 13.7. The molecule has 3 rings (SSSR count). The molecule has 3 aromatic carbocycles. The van der Waals surface area contributed by atoms with E-state index in [2.05, 4.69) is 10.9 Å². The number of benzene rings is 3. The maximum atomic E-state index is 12.2. The second-order valence-corrected chi connectivity index (χ2v) is 5.96. The molecule has 5 nitrogen and oxygen atoms in total. The highest BCUT2D eigenvalue weighted by Crippen LogP contribution is 2.19. The van der Waals surface area contributed by atoms with Gasteiger partial charge in [0.25, 0.3) is 11.8 Å². The van der Waals surface area contributed by atoms with Gasteiger partial charge in [-0.25, -0.2) is 0 Å². The van der Waals surface area contributed by atoms with Crippen LogP contribution in [-0.4, -0.2) is 18.9 Å². The molecular weight excluding hydrogens is 352 g/mol. The Morgan fingerprint density at radius 3 is 2.14 bits per heavy atom. The van der Waals surface area contributed by atoms with Gasteiger partial charge in [-0.05, 0) is 35.4 Å². The molecule has 0 fully saturated rings. The quantitative estimate of drug-likeness (QED) is 0.528.